The molecule has 128 valence electrons. The van der Waals surface area contributed by atoms with E-state index in [2.05, 4.69) is 35.3 Å². The summed E-state index contributed by atoms with van der Waals surface area (Å²) in [5, 5.41) is 11.0. The van der Waals surface area contributed by atoms with Crippen LogP contribution in [0, 0.1) is 11.3 Å². The number of pyridine rings is 1. The summed E-state index contributed by atoms with van der Waals surface area (Å²) >= 11 is 1.45. The third kappa shape index (κ3) is 3.07. The van der Waals surface area contributed by atoms with Crippen LogP contribution in [0.15, 0.2) is 60.2 Å². The van der Waals surface area contributed by atoms with Crippen LogP contribution in [0.4, 0.5) is 0 Å². The van der Waals surface area contributed by atoms with Crippen molar-refractivity contribution in [3.8, 4) is 34.2 Å². The topological polar surface area (TPSA) is 50.3 Å². The van der Waals surface area contributed by atoms with E-state index in [1.54, 1.807) is 0 Å². The van der Waals surface area contributed by atoms with Gasteiger partial charge in [-0.25, -0.2) is 4.98 Å². The van der Waals surface area contributed by atoms with Gasteiger partial charge in [-0.2, -0.15) is 5.26 Å². The molecule has 3 aromatic heterocycles. The smallest absolute Gasteiger partial charge is 0.137 e. The number of nitrogens with zero attached hydrogens (tertiary/aromatic N) is 3. The minimum atomic E-state index is 0.166. The third-order valence-corrected chi connectivity index (χ3v) is 4.91. The summed E-state index contributed by atoms with van der Waals surface area (Å²) in [7, 11) is 0. The summed E-state index contributed by atoms with van der Waals surface area (Å²) in [6.07, 6.45) is 4.04. The number of ether oxygens (including phenoxy) is 1. The molecule has 5 heteroatoms. The van der Waals surface area contributed by atoms with Gasteiger partial charge in [-0.1, -0.05) is 12.1 Å². The number of hydrogen-bond donors (Lipinski definition) is 0. The van der Waals surface area contributed by atoms with Gasteiger partial charge in [-0.3, -0.25) is 4.40 Å². The van der Waals surface area contributed by atoms with Crippen LogP contribution in [-0.2, 0) is 0 Å². The van der Waals surface area contributed by atoms with Crippen LogP contribution in [0.5, 0.6) is 5.75 Å². The highest BCUT2D eigenvalue weighted by Gasteiger charge is 2.09. The summed E-state index contributed by atoms with van der Waals surface area (Å²) in [6.45, 7) is 4.04. The first kappa shape index (κ1) is 16.4. The van der Waals surface area contributed by atoms with E-state index in [1.165, 1.54) is 11.3 Å². The molecule has 0 N–H and O–H groups in total. The van der Waals surface area contributed by atoms with Crippen molar-refractivity contribution >= 4 is 17.0 Å². The van der Waals surface area contributed by atoms with Crippen LogP contribution < -0.4 is 4.74 Å². The maximum atomic E-state index is 9.02. The summed E-state index contributed by atoms with van der Waals surface area (Å²) in [5.74, 6) is 0.874. The number of benzene rings is 1. The molecule has 26 heavy (non-hydrogen) atoms. The van der Waals surface area contributed by atoms with Gasteiger partial charge in [0.1, 0.15) is 22.3 Å². The van der Waals surface area contributed by atoms with Crippen LogP contribution in [0.3, 0.4) is 0 Å². The van der Waals surface area contributed by atoms with Gasteiger partial charge in [-0.05, 0) is 55.3 Å². The van der Waals surface area contributed by atoms with Crippen molar-refractivity contribution in [1.29, 1.82) is 5.26 Å². The van der Waals surface area contributed by atoms with Crippen LogP contribution in [0.1, 0.15) is 18.7 Å². The SMILES string of the molecule is CC(C)Oc1ccc(-c2ccn3c(-c4csc(C#N)c4)cnc3c2)cc1. The summed E-state index contributed by atoms with van der Waals surface area (Å²) < 4.78 is 7.75. The Morgan fingerprint density at radius 2 is 1.88 bits per heavy atom. The van der Waals surface area contributed by atoms with Gasteiger partial charge in [-0.15, -0.1) is 11.3 Å². The minimum absolute atomic E-state index is 0.166. The predicted molar refractivity (Wildman–Crippen MR) is 104 cm³/mol. The predicted octanol–water partition coefficient (Wildman–Crippen LogP) is 5.39. The van der Waals surface area contributed by atoms with E-state index in [4.69, 9.17) is 10.00 Å². The quantitative estimate of drug-likeness (QED) is 0.491. The average Bonchev–Trinajstić information content (AvgIpc) is 3.27. The minimum Gasteiger partial charge on any atom is -0.491 e. The number of fused-ring (bicyclic) bond motifs is 1. The summed E-state index contributed by atoms with van der Waals surface area (Å²) in [4.78, 5) is 5.24. The molecule has 0 bridgehead atoms. The lowest BCUT2D eigenvalue weighted by Crippen LogP contribution is -2.05. The average molecular weight is 359 g/mol. The zero-order valence-corrected chi connectivity index (χ0v) is 15.3. The second kappa shape index (κ2) is 6.66. The van der Waals surface area contributed by atoms with Gasteiger partial charge in [0, 0.05) is 17.1 Å². The lowest BCUT2D eigenvalue weighted by molar-refractivity contribution is 0.242. The third-order valence-electron chi connectivity index (χ3n) is 4.08. The zero-order chi connectivity index (χ0) is 18.1. The Bertz CT molecular complexity index is 1100. The second-order valence-corrected chi connectivity index (χ2v) is 7.20. The van der Waals surface area contributed by atoms with Crippen molar-refractivity contribution in [2.24, 2.45) is 0 Å². The first-order valence-electron chi connectivity index (χ1n) is 8.37. The van der Waals surface area contributed by atoms with Crippen molar-refractivity contribution in [3.05, 3.63) is 65.1 Å². The number of rotatable bonds is 4. The first-order valence-corrected chi connectivity index (χ1v) is 9.25. The lowest BCUT2D eigenvalue weighted by Gasteiger charge is -2.10. The highest BCUT2D eigenvalue weighted by atomic mass is 32.1. The van der Waals surface area contributed by atoms with Crippen LogP contribution >= 0.6 is 11.3 Å². The first-order chi connectivity index (χ1) is 12.6. The highest BCUT2D eigenvalue weighted by Crippen LogP contribution is 2.29. The fourth-order valence-corrected chi connectivity index (χ4v) is 3.59. The Kier molecular flexibility index (Phi) is 4.19. The monoisotopic (exact) mass is 359 g/mol. The van der Waals surface area contributed by atoms with Gasteiger partial charge in [0.25, 0.3) is 0 Å². The van der Waals surface area contributed by atoms with Gasteiger partial charge in [0.15, 0.2) is 0 Å². The highest BCUT2D eigenvalue weighted by molar-refractivity contribution is 7.10. The van der Waals surface area contributed by atoms with Crippen LogP contribution in [-0.4, -0.2) is 15.5 Å². The van der Waals surface area contributed by atoms with Crippen LogP contribution in [0.2, 0.25) is 0 Å². The molecule has 0 spiro atoms. The largest absolute Gasteiger partial charge is 0.491 e. The van der Waals surface area contributed by atoms with Gasteiger partial charge in [0.2, 0.25) is 0 Å². The van der Waals surface area contributed by atoms with Gasteiger partial charge in [0.05, 0.1) is 18.0 Å². The zero-order valence-electron chi connectivity index (χ0n) is 14.5. The van der Waals surface area contributed by atoms with E-state index in [0.717, 1.165) is 33.8 Å². The summed E-state index contributed by atoms with van der Waals surface area (Å²) in [6, 6.07) is 16.3. The fraction of sp³-hybridized carbons (Fsp3) is 0.143. The molecule has 0 unspecified atom stereocenters. The number of nitriles is 1. The number of aromatic nitrogens is 2. The maximum Gasteiger partial charge on any atom is 0.137 e. The molecule has 3 heterocycles. The molecule has 0 saturated carbocycles. The second-order valence-electron chi connectivity index (χ2n) is 6.29. The molecule has 1 aromatic carbocycles. The van der Waals surface area contributed by atoms with Gasteiger partial charge >= 0.3 is 0 Å². The van der Waals surface area contributed by atoms with E-state index in [0.29, 0.717) is 4.88 Å². The maximum absolute atomic E-state index is 9.02. The lowest BCUT2D eigenvalue weighted by atomic mass is 10.1. The Morgan fingerprint density at radius 1 is 1.08 bits per heavy atom. The van der Waals surface area contributed by atoms with E-state index in [9.17, 15) is 0 Å². The Morgan fingerprint density at radius 3 is 2.58 bits per heavy atom. The van der Waals surface area contributed by atoms with E-state index < -0.39 is 0 Å². The van der Waals surface area contributed by atoms with Crippen molar-refractivity contribution < 1.29 is 4.74 Å². The Balaban J connectivity index is 1.67. The molecule has 0 radical (unpaired) electrons. The molecule has 4 aromatic rings. The van der Waals surface area contributed by atoms with Crippen molar-refractivity contribution in [2.75, 3.05) is 0 Å². The molecule has 0 fully saturated rings. The number of hydrogen-bond acceptors (Lipinski definition) is 4. The van der Waals surface area contributed by atoms with Crippen molar-refractivity contribution in [1.82, 2.24) is 9.38 Å². The Hall–Kier alpha value is -3.10. The molecule has 4 nitrogen and oxygen atoms in total. The van der Waals surface area contributed by atoms with Gasteiger partial charge < -0.3 is 4.74 Å². The number of thiophene rings is 1. The number of imidazole rings is 1. The fourth-order valence-electron chi connectivity index (χ4n) is 2.90. The molecular weight excluding hydrogens is 342 g/mol. The van der Waals surface area contributed by atoms with E-state index in [-0.39, 0.29) is 6.10 Å². The molecular formula is C21H17N3OS. The van der Waals surface area contributed by atoms with E-state index >= 15 is 0 Å². The van der Waals surface area contributed by atoms with E-state index in [1.807, 2.05) is 54.2 Å². The molecule has 0 aliphatic rings. The molecule has 0 amide bonds. The molecule has 0 atom stereocenters. The Labute approximate surface area is 155 Å². The molecule has 0 aliphatic heterocycles. The summed E-state index contributed by atoms with van der Waals surface area (Å²) in [5.41, 5.74) is 5.11. The van der Waals surface area contributed by atoms with Crippen LogP contribution in [0.25, 0.3) is 28.0 Å². The molecule has 0 aliphatic carbocycles. The normalized spacial score (nSPS) is 11.0. The molecule has 0 saturated heterocycles. The van der Waals surface area contributed by atoms with Crippen molar-refractivity contribution in [3.63, 3.8) is 0 Å². The molecule has 4 rings (SSSR count). The van der Waals surface area contributed by atoms with Crippen molar-refractivity contribution in [2.45, 2.75) is 20.0 Å². The standard InChI is InChI=1S/C21H17N3OS/c1-14(2)25-18-5-3-15(4-6-18)16-7-8-24-20(12-23-21(24)10-16)17-9-19(11-22)26-13-17/h3-10,12-14H,1-2H3.